The molecule has 0 saturated heterocycles. The first-order valence-corrected chi connectivity index (χ1v) is 11.6. The number of aliphatic hydroxyl groups excluding tert-OH is 1. The van der Waals surface area contributed by atoms with E-state index in [9.17, 15) is 18.3 Å². The summed E-state index contributed by atoms with van der Waals surface area (Å²) in [7, 11) is -1.99. The first-order chi connectivity index (χ1) is 14.0. The zero-order valence-corrected chi connectivity index (χ0v) is 19.1. The minimum atomic E-state index is -3.65. The molecule has 0 bridgehead atoms. The van der Waals surface area contributed by atoms with Crippen molar-refractivity contribution in [3.8, 4) is 0 Å². The van der Waals surface area contributed by atoms with Crippen LogP contribution in [0.25, 0.3) is 0 Å². The highest BCUT2D eigenvalue weighted by molar-refractivity contribution is 7.89. The van der Waals surface area contributed by atoms with Crippen molar-refractivity contribution < 1.29 is 18.3 Å². The molecule has 0 saturated carbocycles. The number of sulfonamides is 1. The van der Waals surface area contributed by atoms with Crippen LogP contribution in [0.2, 0.25) is 0 Å². The van der Waals surface area contributed by atoms with Crippen molar-refractivity contribution in [3.63, 3.8) is 0 Å². The first kappa shape index (κ1) is 24.1. The van der Waals surface area contributed by atoms with Gasteiger partial charge in [0, 0.05) is 19.0 Å². The van der Waals surface area contributed by atoms with Gasteiger partial charge in [-0.05, 0) is 44.9 Å². The summed E-state index contributed by atoms with van der Waals surface area (Å²) in [5.74, 6) is -0.546. The number of amides is 1. The molecule has 4 atom stereocenters. The van der Waals surface area contributed by atoms with Gasteiger partial charge in [0.1, 0.15) is 0 Å². The lowest BCUT2D eigenvalue weighted by atomic mass is 9.98. The lowest BCUT2D eigenvalue weighted by molar-refractivity contribution is -0.138. The molecule has 30 heavy (non-hydrogen) atoms. The third-order valence-electron chi connectivity index (χ3n) is 5.37. The molecule has 0 aliphatic rings. The number of aliphatic hydroxyl groups is 1. The van der Waals surface area contributed by atoms with E-state index in [-0.39, 0.29) is 10.8 Å². The van der Waals surface area contributed by atoms with Crippen LogP contribution in [0.15, 0.2) is 59.5 Å². The molecule has 0 heterocycles. The van der Waals surface area contributed by atoms with Crippen LogP contribution in [-0.2, 0) is 14.8 Å². The Morgan fingerprint density at radius 3 is 2.17 bits per heavy atom. The average Bonchev–Trinajstić information content (AvgIpc) is 2.71. The lowest BCUT2D eigenvalue weighted by Gasteiger charge is -2.32. The smallest absolute Gasteiger partial charge is 0.240 e. The monoisotopic (exact) mass is 432 g/mol. The predicted molar refractivity (Wildman–Crippen MR) is 118 cm³/mol. The molecule has 0 spiro atoms. The maximum atomic E-state index is 12.9. The fraction of sp³-hybridized carbons (Fsp3) is 0.435. The Kier molecular flexibility index (Phi) is 8.18. The van der Waals surface area contributed by atoms with Crippen LogP contribution in [0.5, 0.6) is 0 Å². The minimum Gasteiger partial charge on any atom is -0.386 e. The highest BCUT2D eigenvalue weighted by Gasteiger charge is 2.28. The van der Waals surface area contributed by atoms with Gasteiger partial charge in [0.2, 0.25) is 15.9 Å². The van der Waals surface area contributed by atoms with Gasteiger partial charge < -0.3 is 10.0 Å². The zero-order valence-electron chi connectivity index (χ0n) is 18.2. The molecule has 7 heteroatoms. The van der Waals surface area contributed by atoms with Crippen molar-refractivity contribution in [2.75, 3.05) is 7.05 Å². The minimum absolute atomic E-state index is 0.140. The first-order valence-electron chi connectivity index (χ1n) is 10.1. The second-order valence-electron chi connectivity index (χ2n) is 8.02. The quantitative estimate of drug-likeness (QED) is 0.637. The van der Waals surface area contributed by atoms with Crippen molar-refractivity contribution >= 4 is 15.9 Å². The van der Waals surface area contributed by atoms with Crippen LogP contribution in [-0.4, -0.2) is 43.5 Å². The molecule has 1 amide bonds. The van der Waals surface area contributed by atoms with E-state index in [4.69, 9.17) is 0 Å². The Morgan fingerprint density at radius 1 is 1.03 bits per heavy atom. The van der Waals surface area contributed by atoms with Crippen LogP contribution >= 0.6 is 0 Å². The number of nitrogens with zero attached hydrogens (tertiary/aromatic N) is 1. The zero-order chi connectivity index (χ0) is 22.5. The standard InChI is InChI=1S/C23H32N2O4S/c1-16-11-13-21(14-12-16)30(28,29)24-18(3)15-17(2)23(27)25(5)19(4)22(26)20-9-7-6-8-10-20/h6-14,17-19,22,24,26H,15H2,1-5H3/t17-,18-,19+,22-/m1/s1. The van der Waals surface area contributed by atoms with Gasteiger partial charge in [-0.25, -0.2) is 13.1 Å². The molecule has 0 aromatic heterocycles. The van der Waals surface area contributed by atoms with E-state index >= 15 is 0 Å². The number of nitrogens with one attached hydrogen (secondary N) is 1. The molecule has 164 valence electrons. The Labute approximate surface area is 180 Å². The highest BCUT2D eigenvalue weighted by Crippen LogP contribution is 2.22. The van der Waals surface area contributed by atoms with Crippen LogP contribution in [0, 0.1) is 12.8 Å². The van der Waals surface area contributed by atoms with Crippen LogP contribution < -0.4 is 4.72 Å². The van der Waals surface area contributed by atoms with E-state index in [0.717, 1.165) is 11.1 Å². The Morgan fingerprint density at radius 2 is 1.60 bits per heavy atom. The number of benzene rings is 2. The molecule has 2 aromatic carbocycles. The van der Waals surface area contributed by atoms with Gasteiger partial charge in [0.15, 0.2) is 0 Å². The van der Waals surface area contributed by atoms with Gasteiger partial charge in [-0.1, -0.05) is 55.0 Å². The molecular weight excluding hydrogens is 400 g/mol. The second-order valence-corrected chi connectivity index (χ2v) is 9.73. The summed E-state index contributed by atoms with van der Waals surface area (Å²) in [4.78, 5) is 14.6. The molecule has 0 aliphatic carbocycles. The molecule has 0 radical (unpaired) electrons. The van der Waals surface area contributed by atoms with Crippen molar-refractivity contribution in [2.24, 2.45) is 5.92 Å². The SMILES string of the molecule is Cc1ccc(S(=O)(=O)N[C@H](C)C[C@@H](C)C(=O)N(C)[C@@H](C)[C@@H](O)c2ccccc2)cc1. The molecule has 6 nitrogen and oxygen atoms in total. The molecule has 2 N–H and O–H groups in total. The third kappa shape index (κ3) is 6.14. The molecule has 2 aromatic rings. The largest absolute Gasteiger partial charge is 0.386 e. The van der Waals surface area contributed by atoms with Crippen molar-refractivity contribution in [1.29, 1.82) is 0 Å². The lowest BCUT2D eigenvalue weighted by Crippen LogP contribution is -2.43. The summed E-state index contributed by atoms with van der Waals surface area (Å²) in [5, 5.41) is 10.6. The summed E-state index contributed by atoms with van der Waals surface area (Å²) in [6.07, 6.45) is -0.451. The maximum absolute atomic E-state index is 12.9. The van der Waals surface area contributed by atoms with Crippen LogP contribution in [0.1, 0.15) is 44.4 Å². The fourth-order valence-corrected chi connectivity index (χ4v) is 4.67. The Bertz CT molecular complexity index is 929. The van der Waals surface area contributed by atoms with Gasteiger partial charge in [-0.15, -0.1) is 0 Å². The predicted octanol–water partition coefficient (Wildman–Crippen LogP) is 3.27. The fourth-order valence-electron chi connectivity index (χ4n) is 3.42. The van der Waals surface area contributed by atoms with E-state index in [1.807, 2.05) is 37.3 Å². The van der Waals surface area contributed by atoms with Crippen LogP contribution in [0.4, 0.5) is 0 Å². The van der Waals surface area contributed by atoms with E-state index < -0.39 is 34.1 Å². The number of aryl methyl sites for hydroxylation is 1. The molecule has 2 rings (SSSR count). The number of hydrogen-bond acceptors (Lipinski definition) is 4. The number of carbonyl (C=O) groups excluding carboxylic acids is 1. The van der Waals surface area contributed by atoms with E-state index in [0.29, 0.717) is 6.42 Å². The maximum Gasteiger partial charge on any atom is 0.240 e. The topological polar surface area (TPSA) is 86.7 Å². The van der Waals surface area contributed by atoms with Crippen molar-refractivity contribution in [2.45, 2.75) is 57.2 Å². The van der Waals surface area contributed by atoms with Gasteiger partial charge >= 0.3 is 0 Å². The molecular formula is C23H32N2O4S. The number of hydrogen-bond donors (Lipinski definition) is 2. The summed E-state index contributed by atoms with van der Waals surface area (Å²) in [6.45, 7) is 7.21. The second kappa shape index (κ2) is 10.2. The highest BCUT2D eigenvalue weighted by atomic mass is 32.2. The summed E-state index contributed by atoms with van der Waals surface area (Å²) >= 11 is 0. The summed E-state index contributed by atoms with van der Waals surface area (Å²) in [6, 6.07) is 15.0. The van der Waals surface area contributed by atoms with E-state index in [1.54, 1.807) is 52.1 Å². The van der Waals surface area contributed by atoms with E-state index in [1.165, 1.54) is 4.90 Å². The number of likely N-dealkylation sites (N-methyl/N-ethyl adjacent to an activating group) is 1. The molecule has 0 aliphatic heterocycles. The van der Waals surface area contributed by atoms with Crippen molar-refractivity contribution in [3.05, 3.63) is 65.7 Å². The molecule has 0 unspecified atom stereocenters. The Hall–Kier alpha value is -2.22. The van der Waals surface area contributed by atoms with Gasteiger partial charge in [0.25, 0.3) is 0 Å². The average molecular weight is 433 g/mol. The summed E-state index contributed by atoms with van der Waals surface area (Å²) in [5.41, 5.74) is 1.73. The van der Waals surface area contributed by atoms with Crippen LogP contribution in [0.3, 0.4) is 0 Å². The summed E-state index contributed by atoms with van der Waals surface area (Å²) < 4.78 is 27.8. The van der Waals surface area contributed by atoms with Gasteiger partial charge in [0.05, 0.1) is 17.0 Å². The van der Waals surface area contributed by atoms with E-state index in [2.05, 4.69) is 4.72 Å². The third-order valence-corrected chi connectivity index (χ3v) is 6.98. The van der Waals surface area contributed by atoms with Crippen molar-refractivity contribution in [1.82, 2.24) is 9.62 Å². The van der Waals surface area contributed by atoms with Gasteiger partial charge in [-0.2, -0.15) is 0 Å². The van der Waals surface area contributed by atoms with Gasteiger partial charge in [-0.3, -0.25) is 4.79 Å². The number of carbonyl (C=O) groups is 1. The normalized spacial score (nSPS) is 15.8. The Balaban J connectivity index is 1.97. The molecule has 0 fully saturated rings. The number of rotatable bonds is 9.